The van der Waals surface area contributed by atoms with Gasteiger partial charge in [-0.1, -0.05) is 5.16 Å². The number of nitrogens with zero attached hydrogens (tertiary/aromatic N) is 2. The van der Waals surface area contributed by atoms with Crippen molar-refractivity contribution >= 4 is 15.7 Å². The van der Waals surface area contributed by atoms with Crippen LogP contribution in [0.5, 0.6) is 0 Å². The molecule has 1 aromatic heterocycles. The highest BCUT2D eigenvalue weighted by Crippen LogP contribution is 2.50. The third kappa shape index (κ3) is 2.57. The Balaban J connectivity index is 1.42. The number of hydrogen-bond acceptors (Lipinski definition) is 5. The Morgan fingerprint density at radius 1 is 1.29 bits per heavy atom. The molecule has 0 N–H and O–H groups in total. The lowest BCUT2D eigenvalue weighted by molar-refractivity contribution is -0.143. The maximum atomic E-state index is 13.1. The Bertz CT molecular complexity index is 748. The summed E-state index contributed by atoms with van der Waals surface area (Å²) in [5, 5.41) is 3.66. The third-order valence-corrected chi connectivity index (χ3v) is 8.41. The number of aromatic nitrogens is 1. The highest BCUT2D eigenvalue weighted by atomic mass is 32.2. The van der Waals surface area contributed by atoms with E-state index >= 15 is 0 Å². The summed E-state index contributed by atoms with van der Waals surface area (Å²) in [4.78, 5) is 15.0. The summed E-state index contributed by atoms with van der Waals surface area (Å²) in [5.74, 6) is 1.61. The first-order chi connectivity index (χ1) is 11.4. The Morgan fingerprint density at radius 2 is 2.04 bits per heavy atom. The van der Waals surface area contributed by atoms with E-state index in [0.717, 1.165) is 43.8 Å². The largest absolute Gasteiger partial charge is 0.361 e. The summed E-state index contributed by atoms with van der Waals surface area (Å²) in [6.45, 7) is 3.36. The number of sulfone groups is 1. The van der Waals surface area contributed by atoms with E-state index in [4.69, 9.17) is 4.52 Å². The number of carbonyl (C=O) groups excluding carboxylic acids is 1. The fourth-order valence-electron chi connectivity index (χ4n) is 4.69. The minimum Gasteiger partial charge on any atom is -0.361 e. The Labute approximate surface area is 142 Å². The summed E-state index contributed by atoms with van der Waals surface area (Å²) >= 11 is 0. The summed E-state index contributed by atoms with van der Waals surface area (Å²) in [5.41, 5.74) is 0.480. The van der Waals surface area contributed by atoms with E-state index in [-0.39, 0.29) is 16.9 Å². The third-order valence-electron chi connectivity index (χ3n) is 6.22. The lowest BCUT2D eigenvalue weighted by Gasteiger charge is -2.39. The van der Waals surface area contributed by atoms with Gasteiger partial charge in [0.05, 0.1) is 22.1 Å². The first kappa shape index (κ1) is 16.1. The minimum absolute atomic E-state index is 0.178. The van der Waals surface area contributed by atoms with Crippen molar-refractivity contribution in [2.24, 2.45) is 5.41 Å². The van der Waals surface area contributed by atoms with Crippen molar-refractivity contribution in [1.29, 1.82) is 0 Å². The van der Waals surface area contributed by atoms with Crippen molar-refractivity contribution in [3.63, 3.8) is 0 Å². The van der Waals surface area contributed by atoms with Crippen molar-refractivity contribution in [1.82, 2.24) is 10.1 Å². The molecule has 1 aliphatic carbocycles. The molecule has 0 spiro atoms. The molecule has 6 nitrogen and oxygen atoms in total. The monoisotopic (exact) mass is 352 g/mol. The molecule has 3 heterocycles. The van der Waals surface area contributed by atoms with E-state index in [9.17, 15) is 13.2 Å². The first-order valence-electron chi connectivity index (χ1n) is 8.84. The number of likely N-dealkylation sites (tertiary alicyclic amines) is 1. The molecule has 0 radical (unpaired) electrons. The topological polar surface area (TPSA) is 80.5 Å². The summed E-state index contributed by atoms with van der Waals surface area (Å²) in [6.07, 6.45) is 4.20. The predicted molar refractivity (Wildman–Crippen MR) is 88.3 cm³/mol. The second-order valence-corrected chi connectivity index (χ2v) is 10.1. The van der Waals surface area contributed by atoms with Crippen LogP contribution in [0.3, 0.4) is 0 Å². The van der Waals surface area contributed by atoms with Crippen LogP contribution in [0.1, 0.15) is 55.9 Å². The molecule has 1 aromatic rings. The van der Waals surface area contributed by atoms with Crippen LogP contribution in [0, 0.1) is 12.3 Å². The van der Waals surface area contributed by atoms with Gasteiger partial charge in [0.15, 0.2) is 9.84 Å². The molecule has 2 bridgehead atoms. The summed E-state index contributed by atoms with van der Waals surface area (Å²) < 4.78 is 29.4. The second kappa shape index (κ2) is 5.58. The van der Waals surface area contributed by atoms with Crippen molar-refractivity contribution in [3.8, 4) is 0 Å². The number of rotatable bonds is 2. The van der Waals surface area contributed by atoms with Crippen LogP contribution in [-0.2, 0) is 14.6 Å². The highest BCUT2D eigenvalue weighted by Gasteiger charge is 2.54. The van der Waals surface area contributed by atoms with Gasteiger partial charge in [0, 0.05) is 25.1 Å². The van der Waals surface area contributed by atoms with Gasteiger partial charge in [-0.2, -0.15) is 0 Å². The number of amides is 1. The maximum Gasteiger partial charge on any atom is 0.228 e. The smallest absolute Gasteiger partial charge is 0.228 e. The van der Waals surface area contributed by atoms with Crippen LogP contribution in [0.25, 0.3) is 0 Å². The average molecular weight is 352 g/mol. The molecule has 1 saturated carbocycles. The van der Waals surface area contributed by atoms with Gasteiger partial charge in [-0.05, 0) is 45.4 Å². The Morgan fingerprint density at radius 3 is 2.71 bits per heavy atom. The lowest BCUT2D eigenvalue weighted by Crippen LogP contribution is -2.48. The van der Waals surface area contributed by atoms with Gasteiger partial charge >= 0.3 is 0 Å². The molecule has 1 amide bonds. The lowest BCUT2D eigenvalue weighted by atomic mass is 9.80. The highest BCUT2D eigenvalue weighted by molar-refractivity contribution is 7.92. The quantitative estimate of drug-likeness (QED) is 0.814. The number of hydrogen-bond donors (Lipinski definition) is 0. The summed E-state index contributed by atoms with van der Waals surface area (Å²) in [6, 6.07) is 1.98. The predicted octanol–water partition coefficient (Wildman–Crippen LogP) is 2.05. The van der Waals surface area contributed by atoms with Gasteiger partial charge in [0.2, 0.25) is 5.91 Å². The maximum absolute atomic E-state index is 13.1. The van der Waals surface area contributed by atoms with Crippen LogP contribution in [0.4, 0.5) is 0 Å². The van der Waals surface area contributed by atoms with E-state index < -0.39 is 15.3 Å². The van der Waals surface area contributed by atoms with Crippen LogP contribution in [-0.4, -0.2) is 48.5 Å². The van der Waals surface area contributed by atoms with E-state index in [1.807, 2.05) is 17.9 Å². The zero-order chi connectivity index (χ0) is 16.9. The fraction of sp³-hybridized carbons (Fsp3) is 0.765. The van der Waals surface area contributed by atoms with E-state index in [1.165, 1.54) is 0 Å². The number of aryl methyl sites for hydroxylation is 1. The van der Waals surface area contributed by atoms with Gasteiger partial charge in [-0.15, -0.1) is 0 Å². The van der Waals surface area contributed by atoms with Crippen molar-refractivity contribution < 1.29 is 17.7 Å². The second-order valence-electron chi connectivity index (χ2n) is 7.70. The molecular formula is C17H24N2O4S. The molecule has 2 aliphatic heterocycles. The van der Waals surface area contributed by atoms with Crippen molar-refractivity contribution in [3.05, 3.63) is 17.5 Å². The van der Waals surface area contributed by atoms with Gasteiger partial charge in [0.1, 0.15) is 5.76 Å². The number of fused-ring (bicyclic) bond motifs is 2. The van der Waals surface area contributed by atoms with Gasteiger partial charge in [0.25, 0.3) is 0 Å². The normalized spacial score (nSPS) is 32.9. The summed E-state index contributed by atoms with van der Waals surface area (Å²) in [7, 11) is -2.97. The minimum atomic E-state index is -2.97. The standard InChI is InChI=1S/C17H24N2O4S/c1-12-10-15(23-18-12)13-3-7-19(8-4-13)16(20)17-5-2-14(11-17)24(21,22)9-6-17/h10,13-14H,2-9,11H2,1H3. The zero-order valence-corrected chi connectivity index (χ0v) is 14.8. The average Bonchev–Trinajstić information content (AvgIpc) is 3.18. The van der Waals surface area contributed by atoms with E-state index in [2.05, 4.69) is 5.16 Å². The molecule has 3 aliphatic rings. The fourth-order valence-corrected chi connectivity index (χ4v) is 6.75. The van der Waals surface area contributed by atoms with Crippen molar-refractivity contribution in [2.75, 3.05) is 18.8 Å². The van der Waals surface area contributed by atoms with Gasteiger partial charge in [-0.25, -0.2) is 8.42 Å². The molecule has 2 atom stereocenters. The molecule has 3 fully saturated rings. The van der Waals surface area contributed by atoms with Gasteiger partial charge in [-0.3, -0.25) is 4.79 Å². The van der Waals surface area contributed by atoms with E-state index in [0.29, 0.717) is 25.2 Å². The molecular weight excluding hydrogens is 328 g/mol. The first-order valence-corrected chi connectivity index (χ1v) is 10.6. The Hall–Kier alpha value is -1.37. The molecule has 0 aromatic carbocycles. The Kier molecular flexibility index (Phi) is 3.74. The van der Waals surface area contributed by atoms with E-state index in [1.54, 1.807) is 0 Å². The van der Waals surface area contributed by atoms with Crippen LogP contribution >= 0.6 is 0 Å². The molecule has 4 rings (SSSR count). The molecule has 7 heteroatoms. The molecule has 2 unspecified atom stereocenters. The number of piperidine rings is 1. The van der Waals surface area contributed by atoms with Crippen molar-refractivity contribution in [2.45, 2.75) is 56.6 Å². The molecule has 2 saturated heterocycles. The van der Waals surface area contributed by atoms with Crippen LogP contribution in [0.15, 0.2) is 10.6 Å². The zero-order valence-electron chi connectivity index (χ0n) is 14.0. The van der Waals surface area contributed by atoms with Crippen LogP contribution < -0.4 is 0 Å². The van der Waals surface area contributed by atoms with Gasteiger partial charge < -0.3 is 9.42 Å². The SMILES string of the molecule is Cc1cc(C2CCN(C(=O)C34CCC(C3)S(=O)(=O)CC4)CC2)on1. The molecule has 132 valence electrons. The number of carbonyl (C=O) groups is 1. The molecule has 24 heavy (non-hydrogen) atoms. The van der Waals surface area contributed by atoms with Crippen LogP contribution in [0.2, 0.25) is 0 Å².